The van der Waals surface area contributed by atoms with Crippen LogP contribution in [0.5, 0.6) is 0 Å². The van der Waals surface area contributed by atoms with Gasteiger partial charge in [0.15, 0.2) is 0 Å². The smallest absolute Gasteiger partial charge is 0.211 e. The molecule has 6 nitrogen and oxygen atoms in total. The van der Waals surface area contributed by atoms with Crippen molar-refractivity contribution in [1.29, 1.82) is 0 Å². The van der Waals surface area contributed by atoms with Gasteiger partial charge in [-0.05, 0) is 56.6 Å². The third-order valence-electron chi connectivity index (χ3n) is 6.30. The summed E-state index contributed by atoms with van der Waals surface area (Å²) in [5, 5.41) is 0.0800. The third kappa shape index (κ3) is 4.42. The second-order valence-electron chi connectivity index (χ2n) is 8.58. The van der Waals surface area contributed by atoms with Crippen LogP contribution in [-0.4, -0.2) is 50.6 Å². The van der Waals surface area contributed by atoms with Crippen LogP contribution < -0.4 is 10.3 Å². The number of aromatic nitrogens is 1. The Morgan fingerprint density at radius 3 is 2.39 bits per heavy atom. The van der Waals surface area contributed by atoms with Crippen molar-refractivity contribution in [2.75, 3.05) is 37.6 Å². The summed E-state index contributed by atoms with van der Waals surface area (Å²) in [5.74, 6) is -0.503. The first kappa shape index (κ1) is 23.4. The van der Waals surface area contributed by atoms with Crippen molar-refractivity contribution < 1.29 is 12.8 Å². The van der Waals surface area contributed by atoms with Crippen LogP contribution in [0.2, 0.25) is 0 Å². The highest BCUT2D eigenvalue weighted by Crippen LogP contribution is 2.28. The zero-order valence-corrected chi connectivity index (χ0v) is 20.2. The van der Waals surface area contributed by atoms with Crippen LogP contribution in [0.15, 0.2) is 57.2 Å². The van der Waals surface area contributed by atoms with E-state index in [9.17, 15) is 13.2 Å². The number of anilines is 1. The molecule has 33 heavy (non-hydrogen) atoms. The largest absolute Gasteiger partial charge is 0.367 e. The number of rotatable bonds is 6. The summed E-state index contributed by atoms with van der Waals surface area (Å²) in [5.41, 5.74) is 1.10. The number of piperazine rings is 1. The first-order valence-electron chi connectivity index (χ1n) is 11.4. The summed E-state index contributed by atoms with van der Waals surface area (Å²) < 4.78 is 43.5. The maximum Gasteiger partial charge on any atom is 0.211 e. The van der Waals surface area contributed by atoms with Gasteiger partial charge in [-0.15, -0.1) is 0 Å². The first-order valence-corrected chi connectivity index (χ1v) is 12.9. The third-order valence-corrected chi connectivity index (χ3v) is 8.04. The molecule has 8 heteroatoms. The molecule has 0 aliphatic carbocycles. The Bertz CT molecular complexity index is 1340. The van der Waals surface area contributed by atoms with E-state index in [1.807, 2.05) is 11.8 Å². The van der Waals surface area contributed by atoms with Gasteiger partial charge in [0.25, 0.3) is 0 Å². The predicted molar refractivity (Wildman–Crippen MR) is 129 cm³/mol. The molecule has 1 aliphatic heterocycles. The van der Waals surface area contributed by atoms with Crippen LogP contribution >= 0.6 is 0 Å². The van der Waals surface area contributed by atoms with Crippen molar-refractivity contribution in [3.05, 3.63) is 64.2 Å². The number of hydrogen-bond donors (Lipinski definition) is 0. The molecule has 1 fully saturated rings. The fourth-order valence-corrected chi connectivity index (χ4v) is 5.98. The number of fused-ring (bicyclic) bond motifs is 1. The molecule has 0 radical (unpaired) electrons. The second-order valence-corrected chi connectivity index (χ2v) is 10.5. The van der Waals surface area contributed by atoms with Crippen LogP contribution in [0.1, 0.15) is 25.8 Å². The molecule has 4 rings (SSSR count). The Morgan fingerprint density at radius 2 is 1.76 bits per heavy atom. The van der Waals surface area contributed by atoms with E-state index in [-0.39, 0.29) is 15.2 Å². The van der Waals surface area contributed by atoms with Crippen molar-refractivity contribution in [2.24, 2.45) is 0 Å². The van der Waals surface area contributed by atoms with Crippen molar-refractivity contribution in [1.82, 2.24) is 9.47 Å². The molecule has 176 valence electrons. The van der Waals surface area contributed by atoms with Gasteiger partial charge in [-0.1, -0.05) is 19.1 Å². The summed E-state index contributed by atoms with van der Waals surface area (Å²) in [6.45, 7) is 10.4. The topological polar surface area (TPSA) is 62.6 Å². The van der Waals surface area contributed by atoms with E-state index in [0.29, 0.717) is 30.8 Å². The highest BCUT2D eigenvalue weighted by molar-refractivity contribution is 7.91. The van der Waals surface area contributed by atoms with E-state index < -0.39 is 21.1 Å². The normalized spacial score (nSPS) is 15.3. The highest BCUT2D eigenvalue weighted by atomic mass is 32.2. The Labute approximate surface area is 194 Å². The van der Waals surface area contributed by atoms with E-state index in [4.69, 9.17) is 0 Å². The average Bonchev–Trinajstić information content (AvgIpc) is 2.80. The Kier molecular flexibility index (Phi) is 6.59. The van der Waals surface area contributed by atoms with Crippen LogP contribution in [-0.2, 0) is 16.4 Å². The molecule has 1 aliphatic rings. The van der Waals surface area contributed by atoms with E-state index in [2.05, 4.69) is 11.8 Å². The van der Waals surface area contributed by atoms with Gasteiger partial charge >= 0.3 is 0 Å². The van der Waals surface area contributed by atoms with Gasteiger partial charge < -0.3 is 9.47 Å². The summed E-state index contributed by atoms with van der Waals surface area (Å²) in [7, 11) is -4.04. The van der Waals surface area contributed by atoms with Crippen molar-refractivity contribution >= 4 is 26.4 Å². The van der Waals surface area contributed by atoms with Gasteiger partial charge in [-0.3, -0.25) is 9.69 Å². The highest BCUT2D eigenvalue weighted by Gasteiger charge is 2.26. The molecule has 0 amide bonds. The lowest BCUT2D eigenvalue weighted by molar-refractivity contribution is 0.258. The fourth-order valence-electron chi connectivity index (χ4n) is 4.51. The summed E-state index contributed by atoms with van der Waals surface area (Å²) >= 11 is 0. The molecule has 0 spiro atoms. The molecule has 1 saturated heterocycles. The van der Waals surface area contributed by atoms with Gasteiger partial charge in [0.1, 0.15) is 10.7 Å². The Hall–Kier alpha value is -2.71. The molecule has 1 aromatic heterocycles. The van der Waals surface area contributed by atoms with E-state index >= 15 is 4.39 Å². The fraction of sp³-hybridized carbons (Fsp3) is 0.400. The van der Waals surface area contributed by atoms with Crippen molar-refractivity contribution in [3.63, 3.8) is 0 Å². The molecule has 0 atom stereocenters. The monoisotopic (exact) mass is 471 g/mol. The maximum atomic E-state index is 15.2. The predicted octanol–water partition coefficient (Wildman–Crippen LogP) is 3.83. The molecule has 2 aromatic carbocycles. The average molecular weight is 472 g/mol. The van der Waals surface area contributed by atoms with Gasteiger partial charge in [-0.25, -0.2) is 12.8 Å². The molecule has 0 saturated carbocycles. The molecule has 2 heterocycles. The molecular formula is C25H30FN3O3S. The van der Waals surface area contributed by atoms with Crippen LogP contribution in [0.4, 0.5) is 10.1 Å². The lowest BCUT2D eigenvalue weighted by Gasteiger charge is -2.36. The Morgan fingerprint density at radius 1 is 1.03 bits per heavy atom. The minimum absolute atomic E-state index is 0.0589. The van der Waals surface area contributed by atoms with Crippen molar-refractivity contribution in [3.8, 4) is 0 Å². The maximum absolute atomic E-state index is 15.2. The lowest BCUT2D eigenvalue weighted by Crippen LogP contribution is -2.46. The van der Waals surface area contributed by atoms with E-state index in [0.717, 1.165) is 31.6 Å². The quantitative estimate of drug-likeness (QED) is 0.547. The number of sulfone groups is 1. The van der Waals surface area contributed by atoms with Crippen molar-refractivity contribution in [2.45, 2.75) is 43.5 Å². The second kappa shape index (κ2) is 9.27. The number of benzene rings is 2. The van der Waals surface area contributed by atoms with E-state index in [1.54, 1.807) is 29.7 Å². The number of hydrogen-bond acceptors (Lipinski definition) is 5. The van der Waals surface area contributed by atoms with Gasteiger partial charge in [-0.2, -0.15) is 0 Å². The number of halogens is 1. The molecule has 3 aromatic rings. The zero-order chi connectivity index (χ0) is 23.8. The minimum Gasteiger partial charge on any atom is -0.367 e. The van der Waals surface area contributed by atoms with Crippen LogP contribution in [0.3, 0.4) is 0 Å². The molecule has 0 unspecified atom stereocenters. The van der Waals surface area contributed by atoms with Crippen LogP contribution in [0, 0.1) is 12.7 Å². The number of aryl methyl sites for hydroxylation is 2. The SMILES string of the molecule is CCCN1CCN(c2cc3c(cc2F)c(=O)c(S(=O)(=O)c2cccc(C)c2)cn3CC)CC1. The lowest BCUT2D eigenvalue weighted by atomic mass is 10.1. The number of pyridine rings is 1. The first-order chi connectivity index (χ1) is 15.8. The molecule has 0 N–H and O–H groups in total. The zero-order valence-electron chi connectivity index (χ0n) is 19.3. The summed E-state index contributed by atoms with van der Waals surface area (Å²) in [4.78, 5) is 17.4. The van der Waals surface area contributed by atoms with Crippen LogP contribution in [0.25, 0.3) is 10.9 Å². The molecular weight excluding hydrogens is 441 g/mol. The standard InChI is InChI=1S/C25H30FN3O3S/c1-4-9-27-10-12-29(13-11-27)23-16-22-20(15-21(23)26)25(30)24(17-28(22)5-2)33(31,32)19-8-6-7-18(3)14-19/h6-8,14-17H,4-5,9-13H2,1-3H3. The van der Waals surface area contributed by atoms with E-state index in [1.165, 1.54) is 24.4 Å². The number of nitrogens with zero attached hydrogens (tertiary/aromatic N) is 3. The summed E-state index contributed by atoms with van der Waals surface area (Å²) in [6.07, 6.45) is 2.48. The molecule has 0 bridgehead atoms. The minimum atomic E-state index is -4.04. The summed E-state index contributed by atoms with van der Waals surface area (Å²) in [6, 6.07) is 9.35. The Balaban J connectivity index is 1.81. The van der Waals surface area contributed by atoms with Gasteiger partial charge in [0, 0.05) is 38.9 Å². The van der Waals surface area contributed by atoms with Gasteiger partial charge in [0.2, 0.25) is 15.3 Å². The van der Waals surface area contributed by atoms with Gasteiger partial charge in [0.05, 0.1) is 21.5 Å².